The van der Waals surface area contributed by atoms with Crippen molar-refractivity contribution >= 4 is 27.2 Å². The lowest BCUT2D eigenvalue weighted by Crippen LogP contribution is -2.33. The second-order valence-corrected chi connectivity index (χ2v) is 9.37. The minimum absolute atomic E-state index is 0.109. The molecule has 144 valence electrons. The van der Waals surface area contributed by atoms with E-state index in [2.05, 4.69) is 29.4 Å². The summed E-state index contributed by atoms with van der Waals surface area (Å²) in [6, 6.07) is 10.9. The van der Waals surface area contributed by atoms with Crippen LogP contribution in [0.15, 0.2) is 36.4 Å². The van der Waals surface area contributed by atoms with Gasteiger partial charge in [-0.3, -0.25) is 4.79 Å². The van der Waals surface area contributed by atoms with Crippen molar-refractivity contribution in [1.82, 2.24) is 10.2 Å². The average Bonchev–Trinajstić information content (AvgIpc) is 3.01. The van der Waals surface area contributed by atoms with Gasteiger partial charge >= 0.3 is 0 Å². The summed E-state index contributed by atoms with van der Waals surface area (Å²) in [4.78, 5) is 14.3. The molecule has 7 nitrogen and oxygen atoms in total. The molecule has 1 aromatic carbocycles. The first kappa shape index (κ1) is 19.3. The molecule has 1 unspecified atom stereocenters. The highest BCUT2D eigenvalue weighted by Gasteiger charge is 2.31. The lowest BCUT2D eigenvalue weighted by atomic mass is 10.0. The summed E-state index contributed by atoms with van der Waals surface area (Å²) >= 11 is 0. The minimum Gasteiger partial charge on any atom is -0.354 e. The van der Waals surface area contributed by atoms with Crippen molar-refractivity contribution < 1.29 is 13.2 Å². The molecule has 0 spiro atoms. The van der Waals surface area contributed by atoms with Gasteiger partial charge in [0.1, 0.15) is 0 Å². The number of aromatic nitrogens is 2. The Hall–Kier alpha value is -2.48. The Bertz CT molecular complexity index is 926. The minimum atomic E-state index is -2.97. The van der Waals surface area contributed by atoms with Gasteiger partial charge in [0.25, 0.3) is 5.91 Å². The van der Waals surface area contributed by atoms with Gasteiger partial charge in [0.15, 0.2) is 21.3 Å². The van der Waals surface area contributed by atoms with E-state index in [4.69, 9.17) is 0 Å². The predicted molar refractivity (Wildman–Crippen MR) is 106 cm³/mol. The van der Waals surface area contributed by atoms with Gasteiger partial charge in [0, 0.05) is 18.8 Å². The van der Waals surface area contributed by atoms with Crippen LogP contribution >= 0.6 is 0 Å². The van der Waals surface area contributed by atoms with E-state index in [1.54, 1.807) is 19.2 Å². The van der Waals surface area contributed by atoms with E-state index >= 15 is 0 Å². The predicted octanol–water partition coefficient (Wildman–Crippen LogP) is 2.48. The number of rotatable bonds is 5. The molecule has 1 N–H and O–H groups in total. The number of carbonyl (C=O) groups excluding carboxylic acids is 1. The Balaban J connectivity index is 1.71. The monoisotopic (exact) mass is 388 g/mol. The Labute approximate surface area is 159 Å². The van der Waals surface area contributed by atoms with Crippen LogP contribution in [0.2, 0.25) is 0 Å². The van der Waals surface area contributed by atoms with Crippen LogP contribution in [0.3, 0.4) is 0 Å². The van der Waals surface area contributed by atoms with E-state index in [9.17, 15) is 13.2 Å². The van der Waals surface area contributed by atoms with Crippen molar-refractivity contribution in [3.05, 3.63) is 47.7 Å². The molecule has 1 amide bonds. The number of hydrogen-bond donors (Lipinski definition) is 1. The molecule has 1 aromatic heterocycles. The van der Waals surface area contributed by atoms with Crippen LogP contribution in [0, 0.1) is 0 Å². The molecule has 2 aromatic rings. The molecule has 0 aliphatic carbocycles. The lowest BCUT2D eigenvalue weighted by Gasteiger charge is -2.23. The van der Waals surface area contributed by atoms with Crippen LogP contribution in [-0.4, -0.2) is 49.1 Å². The Morgan fingerprint density at radius 3 is 2.52 bits per heavy atom. The molecule has 27 heavy (non-hydrogen) atoms. The van der Waals surface area contributed by atoms with Crippen molar-refractivity contribution in [3.8, 4) is 0 Å². The first-order chi connectivity index (χ1) is 12.8. The Kier molecular flexibility index (Phi) is 5.46. The molecule has 3 rings (SSSR count). The van der Waals surface area contributed by atoms with Gasteiger partial charge in [-0.25, -0.2) is 8.42 Å². The fraction of sp³-hybridized carbons (Fsp3) is 0.421. The number of nitrogens with one attached hydrogen (secondary N) is 1. The second-order valence-electron chi connectivity index (χ2n) is 7.14. The first-order valence-electron chi connectivity index (χ1n) is 8.94. The zero-order valence-electron chi connectivity index (χ0n) is 15.7. The van der Waals surface area contributed by atoms with Crippen LogP contribution < -0.4 is 10.2 Å². The number of sulfone groups is 1. The third-order valence-electron chi connectivity index (χ3n) is 4.83. The van der Waals surface area contributed by atoms with E-state index < -0.39 is 9.84 Å². The van der Waals surface area contributed by atoms with Crippen molar-refractivity contribution in [2.45, 2.75) is 32.2 Å². The summed E-state index contributed by atoms with van der Waals surface area (Å²) < 4.78 is 23.3. The lowest BCUT2D eigenvalue weighted by molar-refractivity contribution is 0.102. The van der Waals surface area contributed by atoms with Crippen molar-refractivity contribution in [3.63, 3.8) is 0 Å². The van der Waals surface area contributed by atoms with Gasteiger partial charge in [-0.2, -0.15) is 0 Å². The molecule has 0 radical (unpaired) electrons. The van der Waals surface area contributed by atoms with Crippen molar-refractivity contribution in [2.24, 2.45) is 0 Å². The third-order valence-corrected chi connectivity index (χ3v) is 6.58. The van der Waals surface area contributed by atoms with E-state index in [0.717, 1.165) is 11.3 Å². The zero-order valence-corrected chi connectivity index (χ0v) is 16.5. The largest absolute Gasteiger partial charge is 0.354 e. The standard InChI is InChI=1S/C19H24N4O3S/c1-13(2)15-6-4-5-7-16(15)20-19(24)17-8-9-18(22-21-17)23(3)14-10-11-27(25,26)12-14/h4-9,13-14H,10-12H2,1-3H3,(H,20,24). The number of hydrogen-bond acceptors (Lipinski definition) is 6. The molecule has 1 aliphatic heterocycles. The van der Waals surface area contributed by atoms with Crippen molar-refractivity contribution in [2.75, 3.05) is 28.8 Å². The van der Waals surface area contributed by atoms with Crippen LogP contribution in [0.25, 0.3) is 0 Å². The maximum absolute atomic E-state index is 12.5. The van der Waals surface area contributed by atoms with Gasteiger partial charge in [-0.05, 0) is 36.1 Å². The third kappa shape index (κ3) is 4.44. The van der Waals surface area contributed by atoms with Gasteiger partial charge in [0.05, 0.1) is 11.5 Å². The van der Waals surface area contributed by atoms with Gasteiger partial charge in [0.2, 0.25) is 0 Å². The second kappa shape index (κ2) is 7.64. The van der Waals surface area contributed by atoms with Gasteiger partial charge in [-0.1, -0.05) is 32.0 Å². The number of nitrogens with zero attached hydrogens (tertiary/aromatic N) is 3. The highest BCUT2D eigenvalue weighted by Crippen LogP contribution is 2.24. The number of benzene rings is 1. The highest BCUT2D eigenvalue weighted by molar-refractivity contribution is 7.91. The molecule has 1 saturated heterocycles. The number of amides is 1. The molecule has 8 heteroatoms. The summed E-state index contributed by atoms with van der Waals surface area (Å²) in [7, 11) is -1.17. The van der Waals surface area contributed by atoms with Crippen molar-refractivity contribution in [1.29, 1.82) is 0 Å². The molecule has 0 saturated carbocycles. The highest BCUT2D eigenvalue weighted by atomic mass is 32.2. The molecular formula is C19H24N4O3S. The summed E-state index contributed by atoms with van der Waals surface area (Å²) in [5.74, 6) is 0.834. The number of para-hydroxylation sites is 1. The average molecular weight is 388 g/mol. The van der Waals surface area contributed by atoms with Crippen LogP contribution in [0.4, 0.5) is 11.5 Å². The maximum atomic E-state index is 12.5. The van der Waals surface area contributed by atoms with Crippen LogP contribution in [-0.2, 0) is 9.84 Å². The first-order valence-corrected chi connectivity index (χ1v) is 10.8. The van der Waals surface area contributed by atoms with E-state index in [1.165, 1.54) is 0 Å². The summed E-state index contributed by atoms with van der Waals surface area (Å²) in [5, 5.41) is 11.0. The summed E-state index contributed by atoms with van der Waals surface area (Å²) in [6.07, 6.45) is 0.578. The molecule has 0 bridgehead atoms. The molecule has 1 atom stereocenters. The fourth-order valence-electron chi connectivity index (χ4n) is 3.20. The van der Waals surface area contributed by atoms with E-state index in [0.29, 0.717) is 12.2 Å². The van der Waals surface area contributed by atoms with E-state index in [-0.39, 0.29) is 35.1 Å². The Morgan fingerprint density at radius 2 is 1.93 bits per heavy atom. The SMILES string of the molecule is CC(C)c1ccccc1NC(=O)c1ccc(N(C)C2CCS(=O)(=O)C2)nn1. The summed E-state index contributed by atoms with van der Waals surface area (Å²) in [6.45, 7) is 4.14. The number of carbonyl (C=O) groups is 1. The van der Waals surface area contributed by atoms with Gasteiger partial charge < -0.3 is 10.2 Å². The molecule has 1 fully saturated rings. The van der Waals surface area contributed by atoms with Crippen LogP contribution in [0.5, 0.6) is 0 Å². The Morgan fingerprint density at radius 1 is 1.19 bits per heavy atom. The topological polar surface area (TPSA) is 92.3 Å². The van der Waals surface area contributed by atoms with E-state index in [1.807, 2.05) is 29.2 Å². The van der Waals surface area contributed by atoms with Gasteiger partial charge in [-0.15, -0.1) is 10.2 Å². The molecular weight excluding hydrogens is 364 g/mol. The summed E-state index contributed by atoms with van der Waals surface area (Å²) in [5.41, 5.74) is 2.03. The molecule has 1 aliphatic rings. The zero-order chi connectivity index (χ0) is 19.6. The number of anilines is 2. The molecule has 2 heterocycles. The maximum Gasteiger partial charge on any atom is 0.276 e. The fourth-order valence-corrected chi connectivity index (χ4v) is 4.98. The quantitative estimate of drug-likeness (QED) is 0.846. The normalized spacial score (nSPS) is 18.4. The van der Waals surface area contributed by atoms with Crippen LogP contribution in [0.1, 0.15) is 42.2 Å². The smallest absolute Gasteiger partial charge is 0.276 e.